The summed E-state index contributed by atoms with van der Waals surface area (Å²) in [7, 11) is 0. The van der Waals surface area contributed by atoms with Gasteiger partial charge in [-0.2, -0.15) is 8.78 Å². The predicted octanol–water partition coefficient (Wildman–Crippen LogP) is 5.29. The molecule has 0 saturated heterocycles. The predicted molar refractivity (Wildman–Crippen MR) is 106 cm³/mol. The standard InChI is InChI=1S/C20H22F2N2O2S/c1-20(2,3)15-6-4-14(5-7-15)12-23-26-13-18(25)24-16-8-10-17(11-9-16)27-19(21)22/h4-12,19H,13H2,1-3H3,(H,24,25)/b23-12+. The van der Waals surface area contributed by atoms with Gasteiger partial charge in [0, 0.05) is 10.6 Å². The normalized spacial score (nSPS) is 11.8. The van der Waals surface area contributed by atoms with Crippen LogP contribution in [0.2, 0.25) is 0 Å². The van der Waals surface area contributed by atoms with Crippen molar-refractivity contribution >= 4 is 29.6 Å². The van der Waals surface area contributed by atoms with Gasteiger partial charge in [-0.25, -0.2) is 0 Å². The maximum atomic E-state index is 12.3. The van der Waals surface area contributed by atoms with Crippen LogP contribution in [-0.2, 0) is 15.0 Å². The summed E-state index contributed by atoms with van der Waals surface area (Å²) in [5.74, 6) is -2.86. The Hall–Kier alpha value is -2.41. The van der Waals surface area contributed by atoms with E-state index in [-0.39, 0.29) is 17.9 Å². The zero-order chi connectivity index (χ0) is 19.9. The quantitative estimate of drug-likeness (QED) is 0.396. The topological polar surface area (TPSA) is 50.7 Å². The van der Waals surface area contributed by atoms with Gasteiger partial charge in [-0.15, -0.1) is 0 Å². The van der Waals surface area contributed by atoms with E-state index in [1.165, 1.54) is 23.9 Å². The number of hydrogen-bond acceptors (Lipinski definition) is 4. The number of alkyl halides is 2. The van der Waals surface area contributed by atoms with Gasteiger partial charge in [0.2, 0.25) is 0 Å². The molecule has 0 atom stereocenters. The molecule has 0 fully saturated rings. The van der Waals surface area contributed by atoms with Gasteiger partial charge < -0.3 is 10.2 Å². The van der Waals surface area contributed by atoms with E-state index in [1.807, 2.05) is 24.3 Å². The fourth-order valence-corrected chi connectivity index (χ4v) is 2.68. The molecule has 0 heterocycles. The van der Waals surface area contributed by atoms with Crippen molar-refractivity contribution in [3.8, 4) is 0 Å². The number of halogens is 2. The first-order chi connectivity index (χ1) is 12.7. The minimum atomic E-state index is -2.47. The van der Waals surface area contributed by atoms with E-state index in [9.17, 15) is 13.6 Å². The molecule has 7 heteroatoms. The van der Waals surface area contributed by atoms with Crippen molar-refractivity contribution in [3.05, 3.63) is 59.7 Å². The van der Waals surface area contributed by atoms with Gasteiger partial charge in [0.05, 0.1) is 6.21 Å². The van der Waals surface area contributed by atoms with E-state index >= 15 is 0 Å². The summed E-state index contributed by atoms with van der Waals surface area (Å²) in [5.41, 5.74) is 2.68. The third kappa shape index (κ3) is 7.38. The lowest BCUT2D eigenvalue weighted by Gasteiger charge is -2.18. The summed E-state index contributed by atoms with van der Waals surface area (Å²) in [6.45, 7) is 6.18. The lowest BCUT2D eigenvalue weighted by atomic mass is 9.87. The molecule has 0 spiro atoms. The SMILES string of the molecule is CC(C)(C)c1ccc(/C=N/OCC(=O)Nc2ccc(SC(F)F)cc2)cc1. The number of thioether (sulfide) groups is 1. The maximum Gasteiger partial charge on any atom is 0.288 e. The number of nitrogens with zero attached hydrogens (tertiary/aromatic N) is 1. The van der Waals surface area contributed by atoms with E-state index in [2.05, 4.69) is 31.2 Å². The van der Waals surface area contributed by atoms with Crippen molar-refractivity contribution in [1.82, 2.24) is 0 Å². The summed E-state index contributed by atoms with van der Waals surface area (Å²) in [5, 5.41) is 6.40. The Labute approximate surface area is 162 Å². The minimum Gasteiger partial charge on any atom is -0.386 e. The zero-order valence-electron chi connectivity index (χ0n) is 15.4. The third-order valence-corrected chi connectivity index (χ3v) is 4.33. The first kappa shape index (κ1) is 20.9. The van der Waals surface area contributed by atoms with E-state index < -0.39 is 5.76 Å². The van der Waals surface area contributed by atoms with Gasteiger partial charge >= 0.3 is 0 Å². The number of carbonyl (C=O) groups is 1. The molecule has 1 amide bonds. The molecule has 0 saturated carbocycles. The van der Waals surface area contributed by atoms with Gasteiger partial charge in [-0.05, 0) is 40.8 Å². The van der Waals surface area contributed by atoms with Crippen molar-refractivity contribution in [2.75, 3.05) is 11.9 Å². The van der Waals surface area contributed by atoms with Crippen molar-refractivity contribution in [2.24, 2.45) is 5.16 Å². The summed E-state index contributed by atoms with van der Waals surface area (Å²) in [6, 6.07) is 14.1. The van der Waals surface area contributed by atoms with Gasteiger partial charge in [0.15, 0.2) is 6.61 Å². The van der Waals surface area contributed by atoms with Gasteiger partial charge in [-0.1, -0.05) is 62.0 Å². The van der Waals surface area contributed by atoms with Crippen molar-refractivity contribution in [3.63, 3.8) is 0 Å². The number of nitrogens with one attached hydrogen (secondary N) is 1. The van der Waals surface area contributed by atoms with Crippen LogP contribution in [0.1, 0.15) is 31.9 Å². The van der Waals surface area contributed by atoms with E-state index in [4.69, 9.17) is 4.84 Å². The molecule has 1 N–H and O–H groups in total. The molecule has 0 aromatic heterocycles. The Bertz CT molecular complexity index is 770. The molecule has 0 unspecified atom stereocenters. The molecular formula is C20H22F2N2O2S. The largest absolute Gasteiger partial charge is 0.386 e. The number of oxime groups is 1. The average Bonchev–Trinajstić information content (AvgIpc) is 2.60. The minimum absolute atomic E-state index is 0.0839. The molecule has 4 nitrogen and oxygen atoms in total. The van der Waals surface area contributed by atoms with Crippen LogP contribution in [0.15, 0.2) is 58.6 Å². The number of amides is 1. The van der Waals surface area contributed by atoms with Gasteiger partial charge in [-0.3, -0.25) is 4.79 Å². The maximum absolute atomic E-state index is 12.3. The molecule has 2 aromatic carbocycles. The first-order valence-corrected chi connectivity index (χ1v) is 9.22. The Balaban J connectivity index is 1.77. The van der Waals surface area contributed by atoms with E-state index in [0.29, 0.717) is 22.3 Å². The Morgan fingerprint density at radius 3 is 2.33 bits per heavy atom. The number of carbonyl (C=O) groups excluding carboxylic acids is 1. The van der Waals surface area contributed by atoms with Gasteiger partial charge in [0.1, 0.15) is 0 Å². The van der Waals surface area contributed by atoms with Gasteiger partial charge in [0.25, 0.3) is 11.7 Å². The van der Waals surface area contributed by atoms with E-state index in [1.54, 1.807) is 12.1 Å². The second-order valence-electron chi connectivity index (χ2n) is 6.83. The number of rotatable bonds is 7. The molecular weight excluding hydrogens is 370 g/mol. The van der Waals surface area contributed by atoms with Crippen LogP contribution in [0.3, 0.4) is 0 Å². The van der Waals surface area contributed by atoms with Crippen LogP contribution in [0.4, 0.5) is 14.5 Å². The molecule has 0 aliphatic heterocycles. The van der Waals surface area contributed by atoms with Crippen molar-refractivity contribution < 1.29 is 18.4 Å². The van der Waals surface area contributed by atoms with Crippen LogP contribution in [-0.4, -0.2) is 24.5 Å². The molecule has 0 radical (unpaired) electrons. The van der Waals surface area contributed by atoms with Crippen LogP contribution < -0.4 is 5.32 Å². The Morgan fingerprint density at radius 2 is 1.78 bits per heavy atom. The van der Waals surface area contributed by atoms with Crippen LogP contribution in [0.25, 0.3) is 0 Å². The highest BCUT2D eigenvalue weighted by Crippen LogP contribution is 2.26. The number of anilines is 1. The van der Waals surface area contributed by atoms with Crippen LogP contribution in [0, 0.1) is 0 Å². The van der Waals surface area contributed by atoms with Crippen molar-refractivity contribution in [1.29, 1.82) is 0 Å². The summed E-state index contributed by atoms with van der Waals surface area (Å²) < 4.78 is 24.5. The van der Waals surface area contributed by atoms with E-state index in [0.717, 1.165) is 5.56 Å². The molecule has 0 aliphatic carbocycles. The molecule has 27 heavy (non-hydrogen) atoms. The summed E-state index contributed by atoms with van der Waals surface area (Å²) in [4.78, 5) is 17.2. The Morgan fingerprint density at radius 1 is 1.15 bits per heavy atom. The molecule has 144 valence electrons. The second-order valence-corrected chi connectivity index (χ2v) is 7.89. The highest BCUT2D eigenvalue weighted by Gasteiger charge is 2.12. The van der Waals surface area contributed by atoms with Crippen molar-refractivity contribution in [2.45, 2.75) is 36.8 Å². The molecule has 0 bridgehead atoms. The van der Waals surface area contributed by atoms with Crippen LogP contribution in [0.5, 0.6) is 0 Å². The second kappa shape index (κ2) is 9.50. The molecule has 2 rings (SSSR count). The summed E-state index contributed by atoms with van der Waals surface area (Å²) in [6.07, 6.45) is 1.54. The highest BCUT2D eigenvalue weighted by molar-refractivity contribution is 7.99. The lowest BCUT2D eigenvalue weighted by molar-refractivity contribution is -0.120. The lowest BCUT2D eigenvalue weighted by Crippen LogP contribution is -2.16. The first-order valence-electron chi connectivity index (χ1n) is 8.34. The third-order valence-electron chi connectivity index (χ3n) is 3.61. The zero-order valence-corrected chi connectivity index (χ0v) is 16.2. The summed E-state index contributed by atoms with van der Waals surface area (Å²) >= 11 is 0.453. The smallest absolute Gasteiger partial charge is 0.288 e. The molecule has 2 aromatic rings. The Kier molecular flexibility index (Phi) is 7.36. The monoisotopic (exact) mass is 392 g/mol. The fraction of sp³-hybridized carbons (Fsp3) is 0.300. The fourth-order valence-electron chi connectivity index (χ4n) is 2.18. The average molecular weight is 392 g/mol. The molecule has 0 aliphatic rings. The highest BCUT2D eigenvalue weighted by atomic mass is 32.2. The number of benzene rings is 2. The number of hydrogen-bond donors (Lipinski definition) is 1. The van der Waals surface area contributed by atoms with Crippen LogP contribution >= 0.6 is 11.8 Å².